The lowest BCUT2D eigenvalue weighted by Gasteiger charge is -2.44. The van der Waals surface area contributed by atoms with Crippen LogP contribution in [0.4, 0.5) is 0 Å². The van der Waals surface area contributed by atoms with Gasteiger partial charge >= 0.3 is 0 Å². The van der Waals surface area contributed by atoms with E-state index >= 15 is 0 Å². The molecule has 0 aromatic heterocycles. The Labute approximate surface area is 210 Å². The maximum absolute atomic E-state index is 11.5. The van der Waals surface area contributed by atoms with Crippen LogP contribution in [-0.4, -0.2) is 169 Å². The first-order valence-corrected chi connectivity index (χ1v) is 11.6. The summed E-state index contributed by atoms with van der Waals surface area (Å²) in [5.74, 6) is -0.591. The molecule has 0 radical (unpaired) electrons. The van der Waals surface area contributed by atoms with Crippen LogP contribution in [0.3, 0.4) is 0 Å². The van der Waals surface area contributed by atoms with Crippen molar-refractivity contribution >= 4 is 5.91 Å². The van der Waals surface area contributed by atoms with Crippen molar-refractivity contribution in [1.29, 1.82) is 0 Å². The average Bonchev–Trinajstić information content (AvgIpc) is 2.86. The molecule has 3 heterocycles. The largest absolute Gasteiger partial charge is 0.394 e. The van der Waals surface area contributed by atoms with Crippen molar-refractivity contribution in [3.8, 4) is 0 Å². The van der Waals surface area contributed by atoms with Crippen molar-refractivity contribution < 1.29 is 79.5 Å². The summed E-state index contributed by atoms with van der Waals surface area (Å²) in [5, 5.41) is 102. The van der Waals surface area contributed by atoms with E-state index < -0.39 is 118 Å². The fourth-order valence-corrected chi connectivity index (χ4v) is 4.25. The van der Waals surface area contributed by atoms with Crippen molar-refractivity contribution in [3.63, 3.8) is 0 Å². The molecule has 3 rings (SSSR count). The summed E-state index contributed by atoms with van der Waals surface area (Å²) < 4.78 is 26.7. The van der Waals surface area contributed by atoms with Gasteiger partial charge in [-0.25, -0.2) is 0 Å². The second kappa shape index (κ2) is 12.8. The van der Waals surface area contributed by atoms with Crippen molar-refractivity contribution in [2.75, 3.05) is 19.8 Å². The Hall–Kier alpha value is -1.13. The van der Waals surface area contributed by atoms with Gasteiger partial charge in [-0.15, -0.1) is 0 Å². The molecule has 1 amide bonds. The Bertz CT molecular complexity index is 747. The van der Waals surface area contributed by atoms with Gasteiger partial charge in [0.25, 0.3) is 0 Å². The summed E-state index contributed by atoms with van der Waals surface area (Å²) in [7, 11) is 0. The molecule has 3 saturated heterocycles. The number of aliphatic hydroxyl groups excluding tert-OH is 10. The highest BCUT2D eigenvalue weighted by Crippen LogP contribution is 2.27. The number of rotatable bonds is 8. The highest BCUT2D eigenvalue weighted by atomic mass is 16.7. The molecule has 17 nitrogen and oxygen atoms in total. The summed E-state index contributed by atoms with van der Waals surface area (Å²) in [6, 6.07) is -1.28. The predicted octanol–water partition coefficient (Wildman–Crippen LogP) is -7.43. The zero-order chi connectivity index (χ0) is 27.6. The van der Waals surface area contributed by atoms with Crippen molar-refractivity contribution in [2.24, 2.45) is 0 Å². The summed E-state index contributed by atoms with van der Waals surface area (Å²) >= 11 is 0. The Morgan fingerprint density at radius 2 is 1.14 bits per heavy atom. The monoisotopic (exact) mass is 545 g/mol. The molecule has 0 aromatic rings. The minimum Gasteiger partial charge on any atom is -0.394 e. The second-order valence-corrected chi connectivity index (χ2v) is 9.15. The van der Waals surface area contributed by atoms with Crippen LogP contribution in [0.2, 0.25) is 0 Å². The number of hydrogen-bond acceptors (Lipinski definition) is 16. The molecule has 0 aliphatic carbocycles. The van der Waals surface area contributed by atoms with Crippen LogP contribution >= 0.6 is 0 Å². The van der Waals surface area contributed by atoms with Crippen LogP contribution in [-0.2, 0) is 28.5 Å². The van der Waals surface area contributed by atoms with Gasteiger partial charge in [0, 0.05) is 6.92 Å². The first-order chi connectivity index (χ1) is 17.4. The molecule has 1 unspecified atom stereocenters. The fraction of sp³-hybridized carbons (Fsp3) is 0.950. The maximum atomic E-state index is 11.5. The quantitative estimate of drug-likeness (QED) is 0.135. The molecule has 0 aromatic carbocycles. The van der Waals surface area contributed by atoms with Crippen LogP contribution in [0.1, 0.15) is 6.92 Å². The van der Waals surface area contributed by atoms with Crippen LogP contribution in [0.5, 0.6) is 0 Å². The first-order valence-electron chi connectivity index (χ1n) is 11.6. The predicted molar refractivity (Wildman–Crippen MR) is 113 cm³/mol. The Morgan fingerprint density at radius 3 is 1.70 bits per heavy atom. The minimum absolute atomic E-state index is 0.557. The molecule has 0 spiro atoms. The van der Waals surface area contributed by atoms with E-state index in [1.54, 1.807) is 0 Å². The molecule has 15 atom stereocenters. The molecule has 3 fully saturated rings. The molecule has 11 N–H and O–H groups in total. The molecule has 17 heteroatoms. The topological polar surface area (TPSA) is 278 Å². The lowest BCUT2D eigenvalue weighted by atomic mass is 9.96. The number of carbonyl (C=O) groups excluding carboxylic acids is 1. The van der Waals surface area contributed by atoms with Gasteiger partial charge in [-0.1, -0.05) is 0 Å². The van der Waals surface area contributed by atoms with Crippen LogP contribution < -0.4 is 5.32 Å². The maximum Gasteiger partial charge on any atom is 0.217 e. The van der Waals surface area contributed by atoms with Crippen LogP contribution in [0, 0.1) is 0 Å². The van der Waals surface area contributed by atoms with Gasteiger partial charge in [0.2, 0.25) is 5.91 Å². The third-order valence-electron chi connectivity index (χ3n) is 6.46. The van der Waals surface area contributed by atoms with E-state index in [1.807, 2.05) is 0 Å². The normalized spacial score (nSPS) is 49.0. The molecule has 0 saturated carbocycles. The van der Waals surface area contributed by atoms with E-state index in [0.29, 0.717) is 0 Å². The third kappa shape index (κ3) is 6.72. The van der Waals surface area contributed by atoms with Gasteiger partial charge in [0.15, 0.2) is 18.9 Å². The highest BCUT2D eigenvalue weighted by Gasteiger charge is 2.49. The smallest absolute Gasteiger partial charge is 0.217 e. The van der Waals surface area contributed by atoms with Crippen molar-refractivity contribution in [3.05, 3.63) is 0 Å². The molecule has 3 aliphatic heterocycles. The van der Waals surface area contributed by atoms with Crippen molar-refractivity contribution in [2.45, 2.75) is 99.0 Å². The van der Waals surface area contributed by atoms with E-state index in [2.05, 4.69) is 5.32 Å². The molecule has 0 bridgehead atoms. The molecule has 216 valence electrons. The number of nitrogens with one attached hydrogen (secondary N) is 1. The lowest BCUT2D eigenvalue weighted by molar-refractivity contribution is -0.334. The SMILES string of the molecule is CC(=O)N[C@H]1[C@H](OC[C@H]2O[C@H](OC[C@H]3OC(O)[C@@H](O)[C@@H](O)[C@@H]3O)[C@@H](O)[C@@H](O)[C@@H]2O)O[C@H](CO)[C@@H](O)[C@@H]1O. The highest BCUT2D eigenvalue weighted by molar-refractivity contribution is 5.73. The molecular formula is C20H35NO16. The minimum atomic E-state index is -1.83. The number of hydrogen-bond donors (Lipinski definition) is 11. The molecular weight excluding hydrogens is 510 g/mol. The average molecular weight is 545 g/mol. The second-order valence-electron chi connectivity index (χ2n) is 9.15. The summed E-state index contributed by atoms with van der Waals surface area (Å²) in [5.41, 5.74) is 0. The summed E-state index contributed by atoms with van der Waals surface area (Å²) in [6.07, 6.45) is -22.5. The number of aliphatic hydroxyl groups is 10. The van der Waals surface area contributed by atoms with E-state index in [4.69, 9.17) is 23.7 Å². The summed E-state index contributed by atoms with van der Waals surface area (Å²) in [6.45, 7) is -0.686. The Kier molecular flexibility index (Phi) is 10.5. The van der Waals surface area contributed by atoms with Gasteiger partial charge in [0.05, 0.1) is 19.8 Å². The first kappa shape index (κ1) is 30.4. The lowest BCUT2D eigenvalue weighted by Crippen LogP contribution is -2.65. The van der Waals surface area contributed by atoms with Gasteiger partial charge in [-0.05, 0) is 0 Å². The van der Waals surface area contributed by atoms with Gasteiger partial charge in [0.1, 0.15) is 73.2 Å². The summed E-state index contributed by atoms with van der Waals surface area (Å²) in [4.78, 5) is 11.5. The number of carbonyl (C=O) groups is 1. The van der Waals surface area contributed by atoms with Gasteiger partial charge < -0.3 is 80.1 Å². The molecule has 37 heavy (non-hydrogen) atoms. The molecule has 3 aliphatic rings. The Morgan fingerprint density at radius 1 is 0.649 bits per heavy atom. The third-order valence-corrected chi connectivity index (χ3v) is 6.46. The fourth-order valence-electron chi connectivity index (χ4n) is 4.25. The standard InChI is InChI=1S/C20H35NO16/c1-5(23)21-9-13(27)10(24)6(2-22)36-19(9)33-4-8-12(26)15(29)17(31)20(37-8)34-3-7-11(25)14(28)16(30)18(32)35-7/h6-20,22,24-32H,2-4H2,1H3,(H,21,23)/t6-,7-,8-,9-,10-,11-,12-,13-,14+,15+,16+,17+,18?,19-,20+/m1/s1. The zero-order valence-electron chi connectivity index (χ0n) is 19.7. The van der Waals surface area contributed by atoms with Crippen molar-refractivity contribution in [1.82, 2.24) is 5.32 Å². The van der Waals surface area contributed by atoms with Gasteiger partial charge in [-0.3, -0.25) is 4.79 Å². The van der Waals surface area contributed by atoms with Crippen LogP contribution in [0.15, 0.2) is 0 Å². The number of ether oxygens (including phenoxy) is 5. The van der Waals surface area contributed by atoms with E-state index in [1.165, 1.54) is 0 Å². The van der Waals surface area contributed by atoms with Gasteiger partial charge in [-0.2, -0.15) is 0 Å². The van der Waals surface area contributed by atoms with Crippen LogP contribution in [0.25, 0.3) is 0 Å². The van der Waals surface area contributed by atoms with E-state index in [9.17, 15) is 55.9 Å². The Balaban J connectivity index is 1.63. The number of amides is 1. The zero-order valence-corrected chi connectivity index (χ0v) is 19.7. The van der Waals surface area contributed by atoms with E-state index in [0.717, 1.165) is 6.92 Å². The van der Waals surface area contributed by atoms with E-state index in [-0.39, 0.29) is 0 Å².